The molecule has 5 bridgehead atoms. The van der Waals surface area contributed by atoms with Gasteiger partial charge in [0.2, 0.25) is 6.29 Å². The zero-order valence-corrected chi connectivity index (χ0v) is 30.3. The van der Waals surface area contributed by atoms with Crippen LogP contribution in [0.1, 0.15) is 67.5 Å². The van der Waals surface area contributed by atoms with Crippen molar-refractivity contribution in [3.8, 4) is 5.75 Å². The molecule has 1 saturated carbocycles. The molecule has 0 radical (unpaired) electrons. The van der Waals surface area contributed by atoms with Crippen LogP contribution in [-0.2, 0) is 33.2 Å². The molecular weight excluding hydrogens is 624 g/mol. The van der Waals surface area contributed by atoms with Gasteiger partial charge in [0.1, 0.15) is 5.75 Å². The van der Waals surface area contributed by atoms with Crippen LogP contribution in [0, 0.1) is 29.6 Å². The van der Waals surface area contributed by atoms with Gasteiger partial charge < -0.3 is 23.7 Å². The standard InChI is InChI=1S/C42H50N4O4/c1-7-22-19-46-15-14-42-35(40(47)48-6)25(22)16-33(46)39(42)45(5)30-13-12-23-21(2)34-26-17-32-37-27(24-10-8-9-11-29(24)44(37)4)18-31(43(32)3)28(26)20-49-41(34)50-38(23)36(30)42/h7-13,21,25-26,28,31-35,39,41H,14-20H2,1-6H3/b22-7+/t21-,25-,26-,28-,31+,32+,33+,34+,35-,39+,41?,42-/m1/s1. The Labute approximate surface area is 295 Å². The normalized spacial score (nSPS) is 41.5. The van der Waals surface area contributed by atoms with Crippen LogP contribution in [0.5, 0.6) is 5.75 Å². The first kappa shape index (κ1) is 30.3. The maximum absolute atomic E-state index is 14.1. The van der Waals surface area contributed by atoms with Crippen molar-refractivity contribution in [2.45, 2.75) is 81.3 Å². The summed E-state index contributed by atoms with van der Waals surface area (Å²) >= 11 is 0. The lowest BCUT2D eigenvalue weighted by molar-refractivity contribution is -0.222. The Kier molecular flexibility index (Phi) is 6.16. The Morgan fingerprint density at radius 3 is 2.72 bits per heavy atom. The number of para-hydroxylation sites is 1. The summed E-state index contributed by atoms with van der Waals surface area (Å²) in [5.41, 5.74) is 9.24. The Bertz CT molecular complexity index is 2000. The van der Waals surface area contributed by atoms with E-state index < -0.39 is 0 Å². The first-order valence-corrected chi connectivity index (χ1v) is 19.2. The number of carbonyl (C=O) groups excluding carboxylic acids is 1. The highest BCUT2D eigenvalue weighted by atomic mass is 16.7. The van der Waals surface area contributed by atoms with Crippen molar-refractivity contribution >= 4 is 22.6 Å². The Hall–Kier alpha value is -3.33. The number of aryl methyl sites for hydroxylation is 1. The maximum atomic E-state index is 14.1. The first-order valence-electron chi connectivity index (χ1n) is 19.2. The highest BCUT2D eigenvalue weighted by Crippen LogP contribution is 2.67. The number of carbonyl (C=O) groups is 1. The number of benzene rings is 2. The quantitative estimate of drug-likeness (QED) is 0.240. The molecule has 5 fully saturated rings. The summed E-state index contributed by atoms with van der Waals surface area (Å²) in [7, 11) is 8.47. The number of esters is 1. The van der Waals surface area contributed by atoms with E-state index in [0.717, 1.165) is 51.1 Å². The number of hydrogen-bond donors (Lipinski definition) is 0. The number of nitrogens with zero attached hydrogens (tertiary/aromatic N) is 4. The van der Waals surface area contributed by atoms with E-state index in [1.54, 1.807) is 12.7 Å². The lowest BCUT2D eigenvalue weighted by Gasteiger charge is -2.63. The van der Waals surface area contributed by atoms with E-state index in [0.29, 0.717) is 30.0 Å². The first-order chi connectivity index (χ1) is 24.3. The van der Waals surface area contributed by atoms with Crippen LogP contribution in [0.3, 0.4) is 0 Å². The molecule has 262 valence electrons. The molecular formula is C42H50N4O4. The number of anilines is 1. The molecule has 0 amide bonds. The lowest BCUT2D eigenvalue weighted by Crippen LogP contribution is -2.73. The van der Waals surface area contributed by atoms with Crippen molar-refractivity contribution in [1.29, 1.82) is 0 Å². The van der Waals surface area contributed by atoms with Gasteiger partial charge in [-0.25, -0.2) is 0 Å². The third-order valence-electron chi connectivity index (χ3n) is 15.9. The third-order valence-corrected chi connectivity index (χ3v) is 15.9. The number of methoxy groups -OCH3 is 1. The van der Waals surface area contributed by atoms with Crippen molar-refractivity contribution < 1.29 is 19.0 Å². The zero-order valence-electron chi connectivity index (χ0n) is 30.3. The molecule has 1 aliphatic carbocycles. The van der Waals surface area contributed by atoms with E-state index >= 15 is 0 Å². The molecule has 50 heavy (non-hydrogen) atoms. The lowest BCUT2D eigenvalue weighted by atomic mass is 9.49. The van der Waals surface area contributed by atoms with Gasteiger partial charge in [0.25, 0.3) is 0 Å². The number of fused-ring (bicyclic) bond motifs is 14. The van der Waals surface area contributed by atoms with E-state index in [1.165, 1.54) is 39.0 Å². The summed E-state index contributed by atoms with van der Waals surface area (Å²) in [5, 5.41) is 1.42. The van der Waals surface area contributed by atoms with Gasteiger partial charge in [-0.15, -0.1) is 0 Å². The maximum Gasteiger partial charge on any atom is 0.310 e. The molecule has 11 rings (SSSR count). The second-order valence-corrected chi connectivity index (χ2v) is 17.1. The number of allylic oxidation sites excluding steroid dienone is 1. The van der Waals surface area contributed by atoms with Gasteiger partial charge in [0.05, 0.1) is 31.7 Å². The average molecular weight is 675 g/mol. The number of aromatic nitrogens is 1. The SMILES string of the molecule is C/C=C1\CN2CC[C@@]34c5c(ccc6c5OC5OC[C@@H]7[C@@H](C[C@H]8c9c(c%10ccccc%10n9C)C[C@@H]7N8C)[C@@H]5[C@@H]6C)N(C)[C@H]3[C@@H]2C[C@H]1[C@@H]4C(=O)OC. The van der Waals surface area contributed by atoms with Crippen LogP contribution in [0.4, 0.5) is 5.69 Å². The third kappa shape index (κ3) is 3.43. The van der Waals surface area contributed by atoms with Crippen LogP contribution in [-0.4, -0.2) is 85.7 Å². The molecule has 0 spiro atoms. The van der Waals surface area contributed by atoms with E-state index in [2.05, 4.69) is 96.7 Å². The number of ether oxygens (including phenoxy) is 3. The zero-order chi connectivity index (χ0) is 34.0. The smallest absolute Gasteiger partial charge is 0.310 e. The highest BCUT2D eigenvalue weighted by molar-refractivity contribution is 5.86. The monoisotopic (exact) mass is 674 g/mol. The fourth-order valence-corrected chi connectivity index (χ4v) is 13.9. The van der Waals surface area contributed by atoms with Gasteiger partial charge in [0, 0.05) is 77.8 Å². The highest BCUT2D eigenvalue weighted by Gasteiger charge is 2.70. The largest absolute Gasteiger partial charge is 0.469 e. The van der Waals surface area contributed by atoms with Gasteiger partial charge in [-0.3, -0.25) is 14.6 Å². The molecule has 2 aromatic carbocycles. The van der Waals surface area contributed by atoms with Crippen LogP contribution >= 0.6 is 0 Å². The fourth-order valence-electron chi connectivity index (χ4n) is 13.9. The van der Waals surface area contributed by atoms with Crippen molar-refractivity contribution in [2.75, 3.05) is 45.8 Å². The predicted octanol–water partition coefficient (Wildman–Crippen LogP) is 5.78. The fraction of sp³-hybridized carbons (Fsp3) is 0.595. The van der Waals surface area contributed by atoms with Crippen LogP contribution in [0.2, 0.25) is 0 Å². The summed E-state index contributed by atoms with van der Waals surface area (Å²) in [6.45, 7) is 7.27. The van der Waals surface area contributed by atoms with Gasteiger partial charge in [-0.05, 0) is 87.2 Å². The molecule has 12 atom stereocenters. The van der Waals surface area contributed by atoms with Gasteiger partial charge >= 0.3 is 5.97 Å². The Balaban J connectivity index is 1.02. The molecule has 4 saturated heterocycles. The summed E-state index contributed by atoms with van der Waals surface area (Å²) < 4.78 is 22.4. The summed E-state index contributed by atoms with van der Waals surface area (Å²) in [6.07, 6.45) is 6.14. The van der Waals surface area contributed by atoms with Gasteiger partial charge in [-0.1, -0.05) is 42.8 Å². The van der Waals surface area contributed by atoms with Crippen molar-refractivity contribution in [3.63, 3.8) is 0 Å². The minimum atomic E-state index is -0.361. The summed E-state index contributed by atoms with van der Waals surface area (Å²) in [4.78, 5) is 22.0. The van der Waals surface area contributed by atoms with Crippen LogP contribution in [0.25, 0.3) is 10.9 Å². The number of likely N-dealkylation sites (N-methyl/N-ethyl adjacent to an activating group) is 2. The molecule has 8 nitrogen and oxygen atoms in total. The number of rotatable bonds is 1. The second kappa shape index (κ2) is 10.2. The van der Waals surface area contributed by atoms with Crippen molar-refractivity contribution in [2.24, 2.45) is 36.6 Å². The van der Waals surface area contributed by atoms with Gasteiger partial charge in [0.15, 0.2) is 0 Å². The molecule has 8 heteroatoms. The van der Waals surface area contributed by atoms with Crippen LogP contribution in [0.15, 0.2) is 48.0 Å². The number of piperidine rings is 3. The molecule has 0 N–H and O–H groups in total. The molecule has 1 aromatic heterocycles. The topological polar surface area (TPSA) is 59.4 Å². The Morgan fingerprint density at radius 2 is 1.90 bits per heavy atom. The molecule has 3 aromatic rings. The minimum absolute atomic E-state index is 0.0592. The summed E-state index contributed by atoms with van der Waals surface area (Å²) in [5.74, 6) is 2.45. The summed E-state index contributed by atoms with van der Waals surface area (Å²) in [6, 6.07) is 15.2. The van der Waals surface area contributed by atoms with Crippen molar-refractivity contribution in [3.05, 3.63) is 70.4 Å². The van der Waals surface area contributed by atoms with E-state index in [-0.39, 0.29) is 47.4 Å². The van der Waals surface area contributed by atoms with Gasteiger partial charge in [-0.2, -0.15) is 0 Å². The molecule has 8 heterocycles. The average Bonchev–Trinajstić information content (AvgIpc) is 3.56. The molecule has 1 unspecified atom stereocenters. The van der Waals surface area contributed by atoms with Crippen LogP contribution < -0.4 is 9.64 Å². The predicted molar refractivity (Wildman–Crippen MR) is 192 cm³/mol. The molecule has 8 aliphatic rings. The minimum Gasteiger partial charge on any atom is -0.469 e. The van der Waals surface area contributed by atoms with Crippen molar-refractivity contribution in [1.82, 2.24) is 14.4 Å². The second-order valence-electron chi connectivity index (χ2n) is 17.1. The van der Waals surface area contributed by atoms with E-state index in [9.17, 15) is 4.79 Å². The molecule has 7 aliphatic heterocycles. The Morgan fingerprint density at radius 1 is 1.06 bits per heavy atom. The van der Waals surface area contributed by atoms with E-state index in [1.807, 2.05) is 0 Å². The number of hydrogen-bond acceptors (Lipinski definition) is 7. The van der Waals surface area contributed by atoms with E-state index in [4.69, 9.17) is 14.2 Å².